The molecule has 0 unspecified atom stereocenters. The molecule has 0 aromatic heterocycles. The van der Waals surface area contributed by atoms with Gasteiger partial charge in [0.1, 0.15) is 0 Å². The summed E-state index contributed by atoms with van der Waals surface area (Å²) in [5.74, 6) is 0. The number of hydrogen-bond acceptors (Lipinski definition) is 2. The molecule has 12 heavy (non-hydrogen) atoms. The molecule has 0 aromatic carbocycles. The Bertz CT molecular complexity index is 250. The Kier molecular flexibility index (Phi) is 2.68. The van der Waals surface area contributed by atoms with E-state index in [0.717, 1.165) is 0 Å². The Labute approximate surface area is 63.1 Å². The van der Waals surface area contributed by atoms with Crippen molar-refractivity contribution >= 4 is 9.84 Å². The van der Waals surface area contributed by atoms with Crippen LogP contribution in [0.5, 0.6) is 0 Å². The molecule has 0 heterocycles. The number of alkyl halides is 6. The van der Waals surface area contributed by atoms with Gasteiger partial charge in [-0.05, 0) is 0 Å². The summed E-state index contributed by atoms with van der Waals surface area (Å²) in [6.45, 7) is -2.89. The second-order valence-corrected chi connectivity index (χ2v) is 3.79. The van der Waals surface area contributed by atoms with Gasteiger partial charge in [0, 0.05) is 0 Å². The molecule has 0 bridgehead atoms. The van der Waals surface area contributed by atoms with Crippen LogP contribution in [-0.2, 0) is 9.84 Å². The quantitative estimate of drug-likeness (QED) is 0.655. The molecule has 9 heteroatoms. The van der Waals surface area contributed by atoms with E-state index in [-0.39, 0.29) is 0 Å². The first-order chi connectivity index (χ1) is 5.06. The van der Waals surface area contributed by atoms with Crippen molar-refractivity contribution in [1.82, 2.24) is 0 Å². The standard InChI is InChI=1S/C3H2F6O2S/c4-1-2(5,6)12(10,11)3(7,8)9/h1H2. The predicted octanol–water partition coefficient (Wildman–Crippen LogP) is 1.48. The lowest BCUT2D eigenvalue weighted by Crippen LogP contribution is -2.41. The third-order valence-corrected chi connectivity index (χ3v) is 2.36. The minimum atomic E-state index is -6.73. The predicted molar refractivity (Wildman–Crippen MR) is 25.9 cm³/mol. The second-order valence-electron chi connectivity index (χ2n) is 1.72. The van der Waals surface area contributed by atoms with Crippen molar-refractivity contribution < 1.29 is 34.8 Å². The molecular weight excluding hydrogens is 214 g/mol. The molecule has 0 radical (unpaired) electrons. The van der Waals surface area contributed by atoms with Crippen LogP contribution < -0.4 is 0 Å². The van der Waals surface area contributed by atoms with Crippen LogP contribution in [0.2, 0.25) is 0 Å². The fourth-order valence-electron chi connectivity index (χ4n) is 0.241. The molecule has 0 saturated heterocycles. The number of halogens is 6. The van der Waals surface area contributed by atoms with Gasteiger partial charge in [0.15, 0.2) is 6.67 Å². The van der Waals surface area contributed by atoms with Gasteiger partial charge in [0.05, 0.1) is 0 Å². The maximum atomic E-state index is 11.7. The van der Waals surface area contributed by atoms with E-state index in [2.05, 4.69) is 0 Å². The Morgan fingerprint density at radius 2 is 1.33 bits per heavy atom. The zero-order valence-electron chi connectivity index (χ0n) is 5.20. The van der Waals surface area contributed by atoms with Gasteiger partial charge in [-0.15, -0.1) is 0 Å². The third-order valence-electron chi connectivity index (χ3n) is 0.853. The normalized spacial score (nSPS) is 14.8. The van der Waals surface area contributed by atoms with Crippen LogP contribution in [0, 0.1) is 0 Å². The van der Waals surface area contributed by atoms with Gasteiger partial charge in [-0.1, -0.05) is 0 Å². The Morgan fingerprint density at radius 1 is 1.00 bits per heavy atom. The molecule has 2 nitrogen and oxygen atoms in total. The minimum Gasteiger partial charge on any atom is -0.243 e. The highest BCUT2D eigenvalue weighted by Crippen LogP contribution is 2.35. The molecule has 74 valence electrons. The van der Waals surface area contributed by atoms with E-state index in [1.165, 1.54) is 0 Å². The average molecular weight is 216 g/mol. The second kappa shape index (κ2) is 2.79. The van der Waals surface area contributed by atoms with Crippen LogP contribution in [0.15, 0.2) is 0 Å². The summed E-state index contributed by atoms with van der Waals surface area (Å²) in [4.78, 5) is 0. The molecule has 0 aliphatic heterocycles. The molecule has 0 amide bonds. The van der Waals surface area contributed by atoms with Crippen molar-refractivity contribution in [2.75, 3.05) is 6.67 Å². The highest BCUT2D eigenvalue weighted by Gasteiger charge is 2.62. The van der Waals surface area contributed by atoms with Gasteiger partial charge in [0.25, 0.3) is 0 Å². The summed E-state index contributed by atoms with van der Waals surface area (Å²) in [6.07, 6.45) is 0. The van der Waals surface area contributed by atoms with Crippen molar-refractivity contribution in [3.05, 3.63) is 0 Å². The van der Waals surface area contributed by atoms with Gasteiger partial charge < -0.3 is 0 Å². The van der Waals surface area contributed by atoms with E-state index in [9.17, 15) is 34.8 Å². The first-order valence-corrected chi connectivity index (χ1v) is 3.79. The third kappa shape index (κ3) is 1.65. The van der Waals surface area contributed by atoms with Gasteiger partial charge in [0.2, 0.25) is 0 Å². The fraction of sp³-hybridized carbons (Fsp3) is 1.00. The summed E-state index contributed by atoms with van der Waals surface area (Å²) in [7, 11) is -6.73. The molecular formula is C3H2F6O2S. The van der Waals surface area contributed by atoms with E-state index in [0.29, 0.717) is 0 Å². The minimum absolute atomic E-state index is 2.89. The number of sulfone groups is 1. The highest BCUT2D eigenvalue weighted by molar-refractivity contribution is 7.93. The largest absolute Gasteiger partial charge is 0.503 e. The summed E-state index contributed by atoms with van der Waals surface area (Å²) in [6, 6.07) is 0. The lowest BCUT2D eigenvalue weighted by Gasteiger charge is -2.14. The molecule has 0 saturated carbocycles. The molecule has 0 N–H and O–H groups in total. The molecule has 0 fully saturated rings. The van der Waals surface area contributed by atoms with Gasteiger partial charge in [-0.3, -0.25) is 0 Å². The molecule has 0 aliphatic carbocycles. The Balaban J connectivity index is 5.16. The molecule has 0 rings (SSSR count). The SMILES string of the molecule is O=S(=O)(C(F)(F)F)C(F)(F)CF. The van der Waals surface area contributed by atoms with E-state index in [4.69, 9.17) is 0 Å². The molecule has 0 atom stereocenters. The van der Waals surface area contributed by atoms with Crippen molar-refractivity contribution in [3.63, 3.8) is 0 Å². The lowest BCUT2D eigenvalue weighted by molar-refractivity contribution is -0.0588. The number of rotatable bonds is 2. The first-order valence-electron chi connectivity index (χ1n) is 2.31. The summed E-state index contributed by atoms with van der Waals surface area (Å²) >= 11 is 0. The van der Waals surface area contributed by atoms with Gasteiger partial charge >= 0.3 is 20.6 Å². The summed E-state index contributed by atoms with van der Waals surface area (Å²) < 4.78 is 88.1. The topological polar surface area (TPSA) is 34.1 Å². The van der Waals surface area contributed by atoms with Crippen LogP contribution in [0.25, 0.3) is 0 Å². The summed E-state index contributed by atoms with van der Waals surface area (Å²) in [5, 5.41) is -5.40. The number of hydrogen-bond donors (Lipinski definition) is 0. The Hall–Kier alpha value is -0.470. The van der Waals surface area contributed by atoms with Crippen molar-refractivity contribution in [2.24, 2.45) is 0 Å². The van der Waals surface area contributed by atoms with Gasteiger partial charge in [-0.2, -0.15) is 22.0 Å². The average Bonchev–Trinajstić information content (AvgIpc) is 1.85. The van der Waals surface area contributed by atoms with Crippen LogP contribution in [-0.4, -0.2) is 25.9 Å². The van der Waals surface area contributed by atoms with Crippen molar-refractivity contribution in [2.45, 2.75) is 10.8 Å². The summed E-state index contributed by atoms with van der Waals surface area (Å²) in [5.41, 5.74) is -6.14. The monoisotopic (exact) mass is 216 g/mol. The Morgan fingerprint density at radius 3 is 1.42 bits per heavy atom. The molecule has 0 aromatic rings. The lowest BCUT2D eigenvalue weighted by atomic mass is 10.8. The van der Waals surface area contributed by atoms with Crippen LogP contribution >= 0.6 is 0 Å². The van der Waals surface area contributed by atoms with E-state index < -0.39 is 27.3 Å². The zero-order valence-corrected chi connectivity index (χ0v) is 6.02. The zero-order chi connectivity index (χ0) is 10.2. The van der Waals surface area contributed by atoms with Crippen LogP contribution in [0.3, 0.4) is 0 Å². The van der Waals surface area contributed by atoms with Crippen LogP contribution in [0.4, 0.5) is 26.3 Å². The van der Waals surface area contributed by atoms with Crippen molar-refractivity contribution in [1.29, 1.82) is 0 Å². The maximum Gasteiger partial charge on any atom is 0.503 e. The van der Waals surface area contributed by atoms with E-state index >= 15 is 0 Å². The smallest absolute Gasteiger partial charge is 0.243 e. The molecule has 0 spiro atoms. The van der Waals surface area contributed by atoms with Crippen molar-refractivity contribution in [3.8, 4) is 0 Å². The van der Waals surface area contributed by atoms with E-state index in [1.54, 1.807) is 0 Å². The molecule has 0 aliphatic rings. The fourth-order valence-corrected chi connectivity index (χ4v) is 0.723. The van der Waals surface area contributed by atoms with E-state index in [1.807, 2.05) is 0 Å². The first kappa shape index (κ1) is 11.5. The van der Waals surface area contributed by atoms with Gasteiger partial charge in [-0.25, -0.2) is 12.8 Å². The van der Waals surface area contributed by atoms with Crippen LogP contribution in [0.1, 0.15) is 0 Å². The highest BCUT2D eigenvalue weighted by atomic mass is 32.2. The maximum absolute atomic E-state index is 11.7.